The first-order valence-electron chi connectivity index (χ1n) is 6.00. The molecule has 0 aliphatic heterocycles. The van der Waals surface area contributed by atoms with Crippen molar-refractivity contribution in [1.29, 1.82) is 0 Å². The molecule has 19 heavy (non-hydrogen) atoms. The van der Waals surface area contributed by atoms with Crippen LogP contribution in [-0.4, -0.2) is 17.0 Å². The van der Waals surface area contributed by atoms with E-state index in [2.05, 4.69) is 15.3 Å². The zero-order valence-electron chi connectivity index (χ0n) is 10.8. The summed E-state index contributed by atoms with van der Waals surface area (Å²) in [6, 6.07) is 5.72. The number of rotatable bonds is 4. The third-order valence-corrected chi connectivity index (χ3v) is 3.82. The van der Waals surface area contributed by atoms with E-state index in [0.717, 1.165) is 17.0 Å². The first-order valence-corrected chi connectivity index (χ1v) is 6.76. The molecule has 0 aliphatic carbocycles. The maximum absolute atomic E-state index is 6.21. The predicted molar refractivity (Wildman–Crippen MR) is 78.7 cm³/mol. The van der Waals surface area contributed by atoms with Gasteiger partial charge in [-0.05, 0) is 32.0 Å². The summed E-state index contributed by atoms with van der Waals surface area (Å²) in [4.78, 5) is 8.66. The molecule has 1 heterocycles. The molecule has 1 aromatic heterocycles. The summed E-state index contributed by atoms with van der Waals surface area (Å²) in [7, 11) is 1.89. The van der Waals surface area contributed by atoms with Crippen molar-refractivity contribution in [3.05, 3.63) is 57.6 Å². The van der Waals surface area contributed by atoms with Gasteiger partial charge in [0.15, 0.2) is 0 Å². The molecular weight excluding hydrogens is 281 g/mol. The van der Waals surface area contributed by atoms with Gasteiger partial charge in [-0.3, -0.25) is 9.97 Å². The number of nitrogens with one attached hydrogen (secondary N) is 1. The molecule has 0 spiro atoms. The SMILES string of the molecule is CNC(Cc1cccc(Cl)c1Cl)c1cnc(C)cn1. The minimum Gasteiger partial charge on any atom is -0.311 e. The summed E-state index contributed by atoms with van der Waals surface area (Å²) in [5.74, 6) is 0. The zero-order chi connectivity index (χ0) is 13.8. The first kappa shape index (κ1) is 14.3. The number of halogens is 2. The van der Waals surface area contributed by atoms with Crippen LogP contribution in [0.2, 0.25) is 10.0 Å². The number of aryl methyl sites for hydroxylation is 1. The number of likely N-dealkylation sites (N-methyl/N-ethyl adjacent to an activating group) is 1. The topological polar surface area (TPSA) is 37.8 Å². The predicted octanol–water partition coefficient (Wildman–Crippen LogP) is 3.60. The first-order chi connectivity index (χ1) is 9.11. The third kappa shape index (κ3) is 3.44. The summed E-state index contributed by atoms with van der Waals surface area (Å²) >= 11 is 12.2. The lowest BCUT2D eigenvalue weighted by molar-refractivity contribution is 0.572. The van der Waals surface area contributed by atoms with Crippen LogP contribution >= 0.6 is 23.2 Å². The zero-order valence-corrected chi connectivity index (χ0v) is 12.3. The average Bonchev–Trinajstić information content (AvgIpc) is 2.42. The van der Waals surface area contributed by atoms with Crippen molar-refractivity contribution in [2.75, 3.05) is 7.05 Å². The van der Waals surface area contributed by atoms with E-state index in [9.17, 15) is 0 Å². The highest BCUT2D eigenvalue weighted by Gasteiger charge is 2.14. The number of nitrogens with zero attached hydrogens (tertiary/aromatic N) is 2. The molecule has 0 saturated carbocycles. The van der Waals surface area contributed by atoms with Crippen LogP contribution in [0.5, 0.6) is 0 Å². The molecule has 0 bridgehead atoms. The van der Waals surface area contributed by atoms with Crippen molar-refractivity contribution >= 4 is 23.2 Å². The average molecular weight is 296 g/mol. The van der Waals surface area contributed by atoms with Gasteiger partial charge in [-0.2, -0.15) is 0 Å². The Kier molecular flexibility index (Phi) is 4.75. The Labute approximate surface area is 123 Å². The Balaban J connectivity index is 2.24. The molecule has 1 atom stereocenters. The summed E-state index contributed by atoms with van der Waals surface area (Å²) in [6.45, 7) is 1.92. The van der Waals surface area contributed by atoms with E-state index in [1.54, 1.807) is 18.5 Å². The van der Waals surface area contributed by atoms with Crippen LogP contribution in [-0.2, 0) is 6.42 Å². The largest absolute Gasteiger partial charge is 0.311 e. The highest BCUT2D eigenvalue weighted by Crippen LogP contribution is 2.28. The monoisotopic (exact) mass is 295 g/mol. The lowest BCUT2D eigenvalue weighted by Crippen LogP contribution is -2.20. The van der Waals surface area contributed by atoms with E-state index in [4.69, 9.17) is 23.2 Å². The highest BCUT2D eigenvalue weighted by atomic mass is 35.5. The fourth-order valence-corrected chi connectivity index (χ4v) is 2.26. The Bertz CT molecular complexity index is 555. The standard InChI is InChI=1S/C14H15Cl2N3/c1-9-7-19-13(8-18-9)12(17-2)6-10-4-3-5-11(15)14(10)16/h3-5,7-8,12,17H,6H2,1-2H3. The lowest BCUT2D eigenvalue weighted by Gasteiger charge is -2.16. The second kappa shape index (κ2) is 6.33. The molecule has 0 radical (unpaired) electrons. The quantitative estimate of drug-likeness (QED) is 0.937. The maximum atomic E-state index is 6.21. The smallest absolute Gasteiger partial charge is 0.0759 e. The van der Waals surface area contributed by atoms with Crippen molar-refractivity contribution in [3.63, 3.8) is 0 Å². The fraction of sp³-hybridized carbons (Fsp3) is 0.286. The third-order valence-electron chi connectivity index (χ3n) is 2.96. The van der Waals surface area contributed by atoms with Gasteiger partial charge in [0.05, 0.1) is 33.7 Å². The van der Waals surface area contributed by atoms with Crippen LogP contribution in [0.25, 0.3) is 0 Å². The van der Waals surface area contributed by atoms with Crippen LogP contribution in [0.4, 0.5) is 0 Å². The van der Waals surface area contributed by atoms with Crippen molar-refractivity contribution in [2.24, 2.45) is 0 Å². The minimum absolute atomic E-state index is 0.0593. The summed E-state index contributed by atoms with van der Waals surface area (Å²) < 4.78 is 0. The van der Waals surface area contributed by atoms with Gasteiger partial charge in [-0.15, -0.1) is 0 Å². The summed E-state index contributed by atoms with van der Waals surface area (Å²) in [5, 5.41) is 4.40. The molecule has 0 amide bonds. The van der Waals surface area contributed by atoms with Crippen molar-refractivity contribution in [3.8, 4) is 0 Å². The molecule has 2 rings (SSSR count). The van der Waals surface area contributed by atoms with Gasteiger partial charge in [-0.1, -0.05) is 35.3 Å². The minimum atomic E-state index is 0.0593. The maximum Gasteiger partial charge on any atom is 0.0759 e. The number of hydrogen-bond acceptors (Lipinski definition) is 3. The molecule has 1 unspecified atom stereocenters. The Morgan fingerprint density at radius 2 is 2.00 bits per heavy atom. The normalized spacial score (nSPS) is 12.4. The van der Waals surface area contributed by atoms with E-state index in [-0.39, 0.29) is 6.04 Å². The van der Waals surface area contributed by atoms with Crippen LogP contribution in [0.1, 0.15) is 23.0 Å². The lowest BCUT2D eigenvalue weighted by atomic mass is 10.0. The van der Waals surface area contributed by atoms with Gasteiger partial charge in [0, 0.05) is 6.20 Å². The molecule has 2 aromatic rings. The molecule has 0 fully saturated rings. The summed E-state index contributed by atoms with van der Waals surface area (Å²) in [6.07, 6.45) is 4.27. The van der Waals surface area contributed by atoms with Crippen molar-refractivity contribution < 1.29 is 0 Å². The Morgan fingerprint density at radius 1 is 1.21 bits per heavy atom. The Morgan fingerprint density at radius 3 is 2.63 bits per heavy atom. The van der Waals surface area contributed by atoms with Crippen LogP contribution < -0.4 is 5.32 Å². The van der Waals surface area contributed by atoms with Crippen LogP contribution in [0, 0.1) is 6.92 Å². The second-order valence-corrected chi connectivity index (χ2v) is 5.13. The van der Waals surface area contributed by atoms with Gasteiger partial charge in [-0.25, -0.2) is 0 Å². The number of benzene rings is 1. The molecule has 3 nitrogen and oxygen atoms in total. The molecule has 5 heteroatoms. The second-order valence-electron chi connectivity index (χ2n) is 4.34. The fourth-order valence-electron chi connectivity index (χ4n) is 1.86. The van der Waals surface area contributed by atoms with Crippen LogP contribution in [0.3, 0.4) is 0 Å². The highest BCUT2D eigenvalue weighted by molar-refractivity contribution is 6.42. The summed E-state index contributed by atoms with van der Waals surface area (Å²) in [5.41, 5.74) is 2.79. The van der Waals surface area contributed by atoms with Gasteiger partial charge in [0.2, 0.25) is 0 Å². The van der Waals surface area contributed by atoms with Gasteiger partial charge < -0.3 is 5.32 Å². The molecule has 1 aromatic carbocycles. The van der Waals surface area contributed by atoms with Gasteiger partial charge in [0.25, 0.3) is 0 Å². The Hall–Kier alpha value is -1.16. The molecule has 100 valence electrons. The van der Waals surface area contributed by atoms with Gasteiger partial charge >= 0.3 is 0 Å². The van der Waals surface area contributed by atoms with E-state index in [1.807, 2.05) is 26.1 Å². The van der Waals surface area contributed by atoms with E-state index in [1.165, 1.54) is 0 Å². The number of aromatic nitrogens is 2. The molecule has 1 N–H and O–H groups in total. The van der Waals surface area contributed by atoms with E-state index >= 15 is 0 Å². The molecule has 0 aliphatic rings. The number of hydrogen-bond donors (Lipinski definition) is 1. The molecular formula is C14H15Cl2N3. The van der Waals surface area contributed by atoms with Crippen LogP contribution in [0.15, 0.2) is 30.6 Å². The van der Waals surface area contributed by atoms with Gasteiger partial charge in [0.1, 0.15) is 0 Å². The van der Waals surface area contributed by atoms with Crippen molar-refractivity contribution in [1.82, 2.24) is 15.3 Å². The molecule has 0 saturated heterocycles. The van der Waals surface area contributed by atoms with E-state index < -0.39 is 0 Å². The van der Waals surface area contributed by atoms with E-state index in [0.29, 0.717) is 16.5 Å². The van der Waals surface area contributed by atoms with Crippen molar-refractivity contribution in [2.45, 2.75) is 19.4 Å².